The van der Waals surface area contributed by atoms with E-state index in [9.17, 15) is 14.7 Å². The molecule has 3 aromatic rings. The summed E-state index contributed by atoms with van der Waals surface area (Å²) in [4.78, 5) is 44.2. The van der Waals surface area contributed by atoms with Crippen LogP contribution >= 0.6 is 0 Å². The number of rotatable bonds is 11. The Morgan fingerprint density at radius 3 is 2.67 bits per heavy atom. The lowest BCUT2D eigenvalue weighted by Gasteiger charge is -2.31. The number of β-amino-alcohol motifs (C(OH)–C–C–N with tert-alkyl or cyclic N) is 1. The van der Waals surface area contributed by atoms with Gasteiger partial charge in [0, 0.05) is 38.4 Å². The standard InChI is InChI=1S/C28H40N8O4/c1-27(2,3)20-6-8-21(9-7-20)34-26(38)29-12-5-13-35(14-10-22(37)40-4)16-28(39)11-15-36(17-28)25-23-24(31-18-30-23)32-19-33-25/h6-9,18-19,39H,5,10-17H2,1-4H3,(H2,29,34,38)(H,30,31,32,33). The lowest BCUT2D eigenvalue weighted by Crippen LogP contribution is -2.46. The minimum Gasteiger partial charge on any atom is -0.469 e. The highest BCUT2D eigenvalue weighted by atomic mass is 16.5. The number of ether oxygens (including phenoxy) is 1. The van der Waals surface area contributed by atoms with Crippen molar-refractivity contribution in [2.75, 3.05) is 56.6 Å². The van der Waals surface area contributed by atoms with Gasteiger partial charge in [-0.2, -0.15) is 0 Å². The first kappa shape index (κ1) is 29.2. The second kappa shape index (κ2) is 12.6. The van der Waals surface area contributed by atoms with Gasteiger partial charge in [0.05, 0.1) is 25.5 Å². The largest absolute Gasteiger partial charge is 0.469 e. The van der Waals surface area contributed by atoms with Crippen molar-refractivity contribution < 1.29 is 19.4 Å². The maximum Gasteiger partial charge on any atom is 0.319 e. The highest BCUT2D eigenvalue weighted by molar-refractivity contribution is 5.89. The Morgan fingerprint density at radius 1 is 1.18 bits per heavy atom. The maximum atomic E-state index is 12.4. The number of hydrogen-bond donors (Lipinski definition) is 4. The summed E-state index contributed by atoms with van der Waals surface area (Å²) >= 11 is 0. The van der Waals surface area contributed by atoms with Crippen molar-refractivity contribution in [1.29, 1.82) is 0 Å². The number of nitrogens with one attached hydrogen (secondary N) is 3. The minimum atomic E-state index is -0.989. The summed E-state index contributed by atoms with van der Waals surface area (Å²) in [6.07, 6.45) is 4.47. The molecule has 0 aliphatic carbocycles. The Labute approximate surface area is 234 Å². The molecule has 4 N–H and O–H groups in total. The number of aromatic amines is 1. The molecule has 216 valence electrons. The molecular weight excluding hydrogens is 512 g/mol. The Hall–Kier alpha value is -3.77. The third-order valence-corrected chi connectivity index (χ3v) is 7.16. The number of anilines is 2. The fourth-order valence-corrected chi connectivity index (χ4v) is 4.93. The van der Waals surface area contributed by atoms with Crippen LogP contribution in [0.1, 0.15) is 45.6 Å². The average molecular weight is 553 g/mol. The zero-order valence-corrected chi connectivity index (χ0v) is 23.7. The van der Waals surface area contributed by atoms with Crippen molar-refractivity contribution in [3.63, 3.8) is 0 Å². The predicted octanol–water partition coefficient (Wildman–Crippen LogP) is 2.67. The summed E-state index contributed by atoms with van der Waals surface area (Å²) < 4.78 is 4.82. The van der Waals surface area contributed by atoms with E-state index in [1.54, 1.807) is 6.33 Å². The molecule has 4 rings (SSSR count). The molecule has 1 atom stereocenters. The number of carbonyl (C=O) groups excluding carboxylic acids is 2. The van der Waals surface area contributed by atoms with Crippen LogP contribution in [-0.4, -0.2) is 93.9 Å². The summed E-state index contributed by atoms with van der Waals surface area (Å²) in [5, 5.41) is 17.2. The topological polar surface area (TPSA) is 149 Å². The lowest BCUT2D eigenvalue weighted by molar-refractivity contribution is -0.141. The van der Waals surface area contributed by atoms with Gasteiger partial charge in [0.25, 0.3) is 0 Å². The van der Waals surface area contributed by atoms with E-state index in [1.165, 1.54) is 19.0 Å². The molecule has 12 heteroatoms. The van der Waals surface area contributed by atoms with Crippen LogP contribution in [0.5, 0.6) is 0 Å². The maximum absolute atomic E-state index is 12.4. The van der Waals surface area contributed by atoms with Crippen molar-refractivity contribution >= 4 is 34.7 Å². The Balaban J connectivity index is 1.28. The molecule has 0 saturated carbocycles. The quantitative estimate of drug-likeness (QED) is 0.208. The fourth-order valence-electron chi connectivity index (χ4n) is 4.93. The molecule has 2 amide bonds. The summed E-state index contributed by atoms with van der Waals surface area (Å²) in [6.45, 7) is 9.33. The molecule has 12 nitrogen and oxygen atoms in total. The number of imidazole rings is 1. The van der Waals surface area contributed by atoms with Crippen LogP contribution < -0.4 is 15.5 Å². The van der Waals surface area contributed by atoms with Gasteiger partial charge in [0.15, 0.2) is 11.5 Å². The Bertz CT molecular complexity index is 1290. The van der Waals surface area contributed by atoms with Crippen LogP contribution in [0.15, 0.2) is 36.9 Å². The molecular formula is C28H40N8O4. The second-order valence-corrected chi connectivity index (χ2v) is 11.4. The number of carbonyl (C=O) groups is 2. The number of amides is 2. The van der Waals surface area contributed by atoms with Gasteiger partial charge in [-0.15, -0.1) is 0 Å². The van der Waals surface area contributed by atoms with E-state index < -0.39 is 5.60 Å². The minimum absolute atomic E-state index is 0.0482. The van der Waals surface area contributed by atoms with E-state index in [0.717, 1.165) is 11.2 Å². The number of esters is 1. The first-order valence-corrected chi connectivity index (χ1v) is 13.6. The van der Waals surface area contributed by atoms with Crippen LogP contribution in [-0.2, 0) is 14.9 Å². The number of methoxy groups -OCH3 is 1. The van der Waals surface area contributed by atoms with E-state index in [2.05, 4.69) is 56.2 Å². The van der Waals surface area contributed by atoms with Crippen LogP contribution in [0.3, 0.4) is 0 Å². The van der Waals surface area contributed by atoms with Crippen molar-refractivity contribution in [3.05, 3.63) is 42.5 Å². The molecule has 1 aliphatic rings. The molecule has 0 radical (unpaired) electrons. The first-order chi connectivity index (χ1) is 19.1. The van der Waals surface area contributed by atoms with E-state index in [0.29, 0.717) is 63.6 Å². The van der Waals surface area contributed by atoms with Crippen LogP contribution in [0.2, 0.25) is 0 Å². The summed E-state index contributed by atoms with van der Waals surface area (Å²) in [7, 11) is 1.37. The van der Waals surface area contributed by atoms with E-state index in [1.807, 2.05) is 29.2 Å². The monoisotopic (exact) mass is 552 g/mol. The van der Waals surface area contributed by atoms with Crippen molar-refractivity contribution in [1.82, 2.24) is 30.2 Å². The molecule has 40 heavy (non-hydrogen) atoms. The van der Waals surface area contributed by atoms with Crippen LogP contribution in [0.25, 0.3) is 11.2 Å². The molecule has 1 saturated heterocycles. The Morgan fingerprint density at radius 2 is 1.95 bits per heavy atom. The molecule has 1 aromatic carbocycles. The molecule has 1 fully saturated rings. The number of benzene rings is 1. The van der Waals surface area contributed by atoms with Gasteiger partial charge in [-0.3, -0.25) is 9.69 Å². The average Bonchev–Trinajstić information content (AvgIpc) is 3.56. The zero-order valence-electron chi connectivity index (χ0n) is 23.7. The smallest absolute Gasteiger partial charge is 0.319 e. The van der Waals surface area contributed by atoms with Gasteiger partial charge in [-0.1, -0.05) is 32.9 Å². The number of nitrogens with zero attached hydrogens (tertiary/aromatic N) is 5. The second-order valence-electron chi connectivity index (χ2n) is 11.4. The normalized spacial score (nSPS) is 17.4. The Kier molecular flexibility index (Phi) is 9.21. The van der Waals surface area contributed by atoms with Crippen molar-refractivity contribution in [3.8, 4) is 0 Å². The molecule has 0 spiro atoms. The summed E-state index contributed by atoms with van der Waals surface area (Å²) in [5.74, 6) is 0.408. The number of aliphatic hydroxyl groups is 1. The molecule has 0 bridgehead atoms. The third kappa shape index (κ3) is 7.66. The number of aromatic nitrogens is 4. The SMILES string of the molecule is COC(=O)CCN(CCCNC(=O)Nc1ccc(C(C)(C)C)cc1)CC1(O)CCN(c2ncnc3nc[nH]c23)C1. The van der Waals surface area contributed by atoms with Gasteiger partial charge >= 0.3 is 12.0 Å². The van der Waals surface area contributed by atoms with Crippen molar-refractivity contribution in [2.24, 2.45) is 0 Å². The first-order valence-electron chi connectivity index (χ1n) is 13.6. The van der Waals surface area contributed by atoms with Gasteiger partial charge in [-0.05, 0) is 42.5 Å². The van der Waals surface area contributed by atoms with Crippen LogP contribution in [0.4, 0.5) is 16.3 Å². The van der Waals surface area contributed by atoms with Gasteiger partial charge < -0.3 is 30.4 Å². The highest BCUT2D eigenvalue weighted by Crippen LogP contribution is 2.29. The molecule has 2 aromatic heterocycles. The lowest BCUT2D eigenvalue weighted by atomic mass is 9.87. The van der Waals surface area contributed by atoms with E-state index >= 15 is 0 Å². The number of H-pyrrole nitrogens is 1. The molecule has 1 unspecified atom stereocenters. The summed E-state index contributed by atoms with van der Waals surface area (Å²) in [6, 6.07) is 7.57. The zero-order chi connectivity index (χ0) is 28.8. The van der Waals surface area contributed by atoms with Crippen molar-refractivity contribution in [2.45, 2.75) is 51.0 Å². The fraction of sp³-hybridized carbons (Fsp3) is 0.536. The third-order valence-electron chi connectivity index (χ3n) is 7.16. The van der Waals surface area contributed by atoms with Crippen LogP contribution in [0, 0.1) is 0 Å². The number of urea groups is 1. The molecule has 1 aliphatic heterocycles. The van der Waals surface area contributed by atoms with Gasteiger partial charge in [0.1, 0.15) is 11.8 Å². The number of hydrogen-bond acceptors (Lipinski definition) is 9. The number of fused-ring (bicyclic) bond motifs is 1. The van der Waals surface area contributed by atoms with Gasteiger partial charge in [0.2, 0.25) is 0 Å². The summed E-state index contributed by atoms with van der Waals surface area (Å²) in [5.41, 5.74) is 2.31. The highest BCUT2D eigenvalue weighted by Gasteiger charge is 2.39. The van der Waals surface area contributed by atoms with Gasteiger partial charge in [-0.25, -0.2) is 19.7 Å². The molecule has 3 heterocycles. The van der Waals surface area contributed by atoms with E-state index in [4.69, 9.17) is 4.74 Å². The predicted molar refractivity (Wildman–Crippen MR) is 153 cm³/mol. The van der Waals surface area contributed by atoms with E-state index in [-0.39, 0.29) is 23.8 Å².